The molecule has 2 aromatic heterocycles. The minimum atomic E-state index is -0.557. The minimum Gasteiger partial charge on any atom is -0.365 e. The van der Waals surface area contributed by atoms with Crippen molar-refractivity contribution >= 4 is 56.3 Å². The van der Waals surface area contributed by atoms with Gasteiger partial charge < -0.3 is 22.1 Å². The molecule has 2 atom stereocenters. The lowest BCUT2D eigenvalue weighted by atomic mass is 9.88. The van der Waals surface area contributed by atoms with Crippen LogP contribution >= 0.6 is 22.7 Å². The Balaban J connectivity index is 1.37. The van der Waals surface area contributed by atoms with Crippen molar-refractivity contribution in [3.63, 3.8) is 0 Å². The highest BCUT2D eigenvalue weighted by molar-refractivity contribution is 7.17. The molecule has 0 bridgehead atoms. The van der Waals surface area contributed by atoms with Crippen molar-refractivity contribution in [2.24, 2.45) is 23.3 Å². The average Bonchev–Trinajstić information content (AvgIpc) is 3.40. The van der Waals surface area contributed by atoms with E-state index in [9.17, 15) is 19.2 Å². The summed E-state index contributed by atoms with van der Waals surface area (Å²) < 4.78 is 0. The van der Waals surface area contributed by atoms with Crippen LogP contribution in [-0.2, 0) is 25.7 Å². The zero-order chi connectivity index (χ0) is 27.1. The van der Waals surface area contributed by atoms with Gasteiger partial charge in [0.05, 0.1) is 11.1 Å². The molecule has 0 aliphatic heterocycles. The molecule has 0 spiro atoms. The lowest BCUT2D eigenvalue weighted by molar-refractivity contribution is 0.0990. The van der Waals surface area contributed by atoms with Gasteiger partial charge in [-0.25, -0.2) is 0 Å². The van der Waals surface area contributed by atoms with E-state index in [1.807, 2.05) is 0 Å². The Morgan fingerprint density at radius 3 is 1.58 bits per heavy atom. The molecule has 4 amide bonds. The van der Waals surface area contributed by atoms with Crippen LogP contribution in [0.15, 0.2) is 24.3 Å². The third-order valence-electron chi connectivity index (χ3n) is 7.36. The molecular weight excluding hydrogens is 520 g/mol. The van der Waals surface area contributed by atoms with Gasteiger partial charge in [-0.2, -0.15) is 0 Å². The van der Waals surface area contributed by atoms with E-state index in [0.717, 1.165) is 59.4 Å². The maximum atomic E-state index is 13.2. The predicted octanol–water partition coefficient (Wildman–Crippen LogP) is 4.76. The van der Waals surface area contributed by atoms with Crippen molar-refractivity contribution < 1.29 is 19.2 Å². The number of thiophene rings is 2. The zero-order valence-corrected chi connectivity index (χ0v) is 22.9. The molecule has 2 heterocycles. The molecule has 0 unspecified atom stereocenters. The monoisotopic (exact) mass is 550 g/mol. The number of fused-ring (bicyclic) bond motifs is 2. The fraction of sp³-hybridized carbons (Fsp3) is 0.357. The summed E-state index contributed by atoms with van der Waals surface area (Å²) in [6.07, 6.45) is 5.16. The largest absolute Gasteiger partial charge is 0.365 e. The smallest absolute Gasteiger partial charge is 0.256 e. The van der Waals surface area contributed by atoms with Crippen molar-refractivity contribution in [2.75, 3.05) is 10.6 Å². The molecule has 0 fully saturated rings. The highest BCUT2D eigenvalue weighted by Gasteiger charge is 2.29. The number of primary amides is 2. The van der Waals surface area contributed by atoms with Crippen LogP contribution in [0.2, 0.25) is 0 Å². The highest BCUT2D eigenvalue weighted by Crippen LogP contribution is 2.41. The van der Waals surface area contributed by atoms with Crippen molar-refractivity contribution in [2.45, 2.75) is 52.4 Å². The fourth-order valence-corrected chi connectivity index (χ4v) is 8.17. The summed E-state index contributed by atoms with van der Waals surface area (Å²) in [5, 5.41) is 6.58. The molecule has 2 aliphatic rings. The number of rotatable bonds is 6. The molecule has 198 valence electrons. The standard InChI is InChI=1S/C28H30N4O4S2/c1-13-6-8-17-19(10-13)37-27(21(17)23(29)33)31-25(35)15-4-3-5-16(12-15)26(36)32-28-22(24(30)34)18-9-7-14(2)11-20(18)38-28/h3-5,12-14H,6-11H2,1-2H3,(H2,29,33)(H2,30,34)(H,31,35)(H,32,36)/t13-,14-/m1/s1. The Kier molecular flexibility index (Phi) is 7.11. The van der Waals surface area contributed by atoms with E-state index < -0.39 is 23.6 Å². The molecule has 8 nitrogen and oxygen atoms in total. The van der Waals surface area contributed by atoms with Crippen molar-refractivity contribution in [3.05, 3.63) is 67.4 Å². The van der Waals surface area contributed by atoms with E-state index in [4.69, 9.17) is 11.5 Å². The quantitative estimate of drug-likeness (QED) is 0.351. The van der Waals surface area contributed by atoms with Gasteiger partial charge in [0, 0.05) is 20.9 Å². The second-order valence-electron chi connectivity index (χ2n) is 10.3. The lowest BCUT2D eigenvalue weighted by Gasteiger charge is -2.18. The molecule has 10 heteroatoms. The number of nitrogens with one attached hydrogen (secondary N) is 2. The molecule has 0 radical (unpaired) electrons. The number of hydrogen-bond acceptors (Lipinski definition) is 6. The summed E-state index contributed by atoms with van der Waals surface area (Å²) >= 11 is 2.78. The fourth-order valence-electron chi connectivity index (χ4n) is 5.35. The molecule has 1 aromatic carbocycles. The van der Waals surface area contributed by atoms with Gasteiger partial charge in [0.25, 0.3) is 23.6 Å². The molecule has 3 aromatic rings. The van der Waals surface area contributed by atoms with Gasteiger partial charge in [-0.1, -0.05) is 19.9 Å². The van der Waals surface area contributed by atoms with Gasteiger partial charge >= 0.3 is 0 Å². The van der Waals surface area contributed by atoms with Gasteiger partial charge in [-0.05, 0) is 79.7 Å². The van der Waals surface area contributed by atoms with Gasteiger partial charge in [0.2, 0.25) is 0 Å². The van der Waals surface area contributed by atoms with Gasteiger partial charge in [0.15, 0.2) is 0 Å². The topological polar surface area (TPSA) is 144 Å². The molecule has 0 saturated heterocycles. The van der Waals surface area contributed by atoms with E-state index in [2.05, 4.69) is 24.5 Å². The summed E-state index contributed by atoms with van der Waals surface area (Å²) in [6.45, 7) is 4.33. The molecule has 6 N–H and O–H groups in total. The van der Waals surface area contributed by atoms with Gasteiger partial charge in [-0.3, -0.25) is 19.2 Å². The van der Waals surface area contributed by atoms with Crippen LogP contribution in [0.4, 0.5) is 10.0 Å². The average molecular weight is 551 g/mol. The summed E-state index contributed by atoms with van der Waals surface area (Å²) in [7, 11) is 0. The van der Waals surface area contributed by atoms with E-state index in [0.29, 0.717) is 33.0 Å². The first-order chi connectivity index (χ1) is 18.1. The van der Waals surface area contributed by atoms with Gasteiger partial charge in [0.1, 0.15) is 10.0 Å². The minimum absolute atomic E-state index is 0.266. The second kappa shape index (κ2) is 10.3. The van der Waals surface area contributed by atoms with Crippen molar-refractivity contribution in [1.82, 2.24) is 0 Å². The predicted molar refractivity (Wildman–Crippen MR) is 150 cm³/mol. The normalized spacial score (nSPS) is 18.3. The maximum absolute atomic E-state index is 13.2. The Bertz CT molecular complexity index is 1370. The number of benzene rings is 1. The van der Waals surface area contributed by atoms with Crippen LogP contribution in [0, 0.1) is 11.8 Å². The summed E-state index contributed by atoms with van der Waals surface area (Å²) in [5.74, 6) is -0.974. The van der Waals surface area contributed by atoms with Crippen LogP contribution in [0.1, 0.15) is 89.0 Å². The van der Waals surface area contributed by atoms with Crippen LogP contribution < -0.4 is 22.1 Å². The number of carbonyl (C=O) groups is 4. The molecule has 2 aliphatic carbocycles. The summed E-state index contributed by atoms with van der Waals surface area (Å²) in [6, 6.07) is 6.32. The Morgan fingerprint density at radius 2 is 1.18 bits per heavy atom. The summed E-state index contributed by atoms with van der Waals surface area (Å²) in [4.78, 5) is 52.9. The Labute approximate surface area is 228 Å². The number of nitrogens with two attached hydrogens (primary N) is 2. The van der Waals surface area contributed by atoms with E-state index in [-0.39, 0.29) is 11.1 Å². The molecule has 38 heavy (non-hydrogen) atoms. The first-order valence-electron chi connectivity index (χ1n) is 12.7. The SMILES string of the molecule is C[C@@H]1CCc2c(sc(NC(=O)c3cccc(C(=O)Nc4sc5c(c4C(N)=O)CC[C@@H](C)C5)c3)c2C(N)=O)C1. The zero-order valence-electron chi connectivity index (χ0n) is 21.3. The van der Waals surface area contributed by atoms with Crippen molar-refractivity contribution in [3.8, 4) is 0 Å². The summed E-state index contributed by atoms with van der Waals surface area (Å²) in [5.41, 5.74) is 14.5. The number of hydrogen-bond donors (Lipinski definition) is 4. The van der Waals surface area contributed by atoms with Crippen LogP contribution in [0.5, 0.6) is 0 Å². The first kappa shape index (κ1) is 26.1. The lowest BCUT2D eigenvalue weighted by Crippen LogP contribution is -2.20. The van der Waals surface area contributed by atoms with Gasteiger partial charge in [-0.15, -0.1) is 22.7 Å². The Morgan fingerprint density at radius 1 is 0.763 bits per heavy atom. The van der Waals surface area contributed by atoms with E-state index in [1.165, 1.54) is 28.7 Å². The number of carbonyl (C=O) groups excluding carboxylic acids is 4. The highest BCUT2D eigenvalue weighted by atomic mass is 32.1. The molecular formula is C28H30N4O4S2. The van der Waals surface area contributed by atoms with Crippen LogP contribution in [-0.4, -0.2) is 23.6 Å². The Hall–Kier alpha value is -3.50. The van der Waals surface area contributed by atoms with Crippen molar-refractivity contribution in [1.29, 1.82) is 0 Å². The molecule has 5 rings (SSSR count). The third kappa shape index (κ3) is 4.98. The maximum Gasteiger partial charge on any atom is 0.256 e. The van der Waals surface area contributed by atoms with E-state index in [1.54, 1.807) is 18.2 Å². The number of amides is 4. The van der Waals surface area contributed by atoms with Crippen LogP contribution in [0.3, 0.4) is 0 Å². The number of anilines is 2. The third-order valence-corrected chi connectivity index (χ3v) is 9.70. The molecule has 0 saturated carbocycles. The first-order valence-corrected chi connectivity index (χ1v) is 14.4. The van der Waals surface area contributed by atoms with Crippen LogP contribution in [0.25, 0.3) is 0 Å². The second-order valence-corrected chi connectivity index (χ2v) is 12.5. The van der Waals surface area contributed by atoms with E-state index >= 15 is 0 Å².